The van der Waals surface area contributed by atoms with Crippen LogP contribution in [-0.2, 0) is 6.51 Å². The number of halogens is 1. The van der Waals surface area contributed by atoms with Gasteiger partial charge in [0, 0.05) is 0 Å². The van der Waals surface area contributed by atoms with Crippen LogP contribution in [0, 0.1) is 0 Å². The average molecular weight is 356 g/mol. The molecule has 5 unspecified atom stereocenters. The summed E-state index contributed by atoms with van der Waals surface area (Å²) >= 11 is 2.97. The molecule has 6 atom stereocenters. The monoisotopic (exact) mass is 356 g/mol. The number of aliphatic hydroxyl groups is 1. The molecule has 15 heavy (non-hydrogen) atoms. The van der Waals surface area contributed by atoms with Crippen LogP contribution in [0.3, 0.4) is 0 Å². The van der Waals surface area contributed by atoms with Crippen LogP contribution in [0.15, 0.2) is 0 Å². The summed E-state index contributed by atoms with van der Waals surface area (Å²) in [5.74, 6) is 0. The van der Waals surface area contributed by atoms with Crippen LogP contribution in [-0.4, -0.2) is 13.5 Å². The normalized spacial score (nSPS) is 141. The van der Waals surface area contributed by atoms with Gasteiger partial charge in [0.25, 0.3) is 0 Å². The van der Waals surface area contributed by atoms with Crippen molar-refractivity contribution in [3.05, 3.63) is 0 Å². The Hall–Kier alpha value is 1.21. The zero-order valence-corrected chi connectivity index (χ0v) is 11.6. The first-order valence-electron chi connectivity index (χ1n) is 6.46. The van der Waals surface area contributed by atoms with Crippen molar-refractivity contribution >= 4 is 22.6 Å². The molecule has 1 N–H and O–H groups in total. The number of fused-ring (bicyclic) bond motifs is 10. The summed E-state index contributed by atoms with van der Waals surface area (Å²) in [5, 5.41) is 10.5. The Bertz CT molecular complexity index is 922. The molecule has 0 bridgehead atoms. The summed E-state index contributed by atoms with van der Waals surface area (Å²) in [6.07, 6.45) is 0.0957. The van der Waals surface area contributed by atoms with Gasteiger partial charge in [-0.15, -0.1) is 0 Å². The van der Waals surface area contributed by atoms with Gasteiger partial charge in [0.05, 0.1) is 0 Å². The molecular formula is C12H13FeIO. The van der Waals surface area contributed by atoms with Crippen molar-refractivity contribution in [1.82, 2.24) is 0 Å². The second-order valence-corrected chi connectivity index (χ2v) is 36.3. The third-order valence-corrected chi connectivity index (χ3v) is 68.6. The van der Waals surface area contributed by atoms with Crippen LogP contribution in [0.4, 0.5) is 0 Å². The number of hydrogen-bond donors (Lipinski definition) is 1. The molecule has 0 radical (unpaired) electrons. The molecule has 1 nitrogen and oxygen atoms in total. The van der Waals surface area contributed by atoms with Gasteiger partial charge in [-0.2, -0.15) is 0 Å². The molecule has 0 aromatic heterocycles. The van der Waals surface area contributed by atoms with Crippen LogP contribution in [0.1, 0.15) is 6.92 Å². The Morgan fingerprint density at radius 3 is 1.67 bits per heavy atom. The molecule has 10 aliphatic heterocycles. The van der Waals surface area contributed by atoms with Gasteiger partial charge < -0.3 is 0 Å². The maximum atomic E-state index is 10.5. The molecule has 10 fully saturated rings. The molecule has 0 amide bonds. The molecule has 0 aliphatic carbocycles. The Morgan fingerprint density at radius 2 is 1.60 bits per heavy atom. The Balaban J connectivity index is 1.91. The van der Waals surface area contributed by atoms with E-state index >= 15 is 0 Å². The van der Waals surface area contributed by atoms with Gasteiger partial charge in [0.2, 0.25) is 0 Å². The SMILES string of the molecule is C[C@H](O)[C]12[CH]3[CH]4[CH]5[C]1(I)[Fe]45321678[CH]2[CH]1[CH]6[CH]7[CH]28. The number of hydrogen-bond acceptors (Lipinski definition) is 1. The minimum atomic E-state index is -3.02. The first-order valence-corrected chi connectivity index (χ1v) is 13.7. The standard InChI is InChI=1S/C7H8IO.C5H5.Fe/c1-5(9)6-3-2-4-7(6)8;1-2-4-5-3-1;/h2-5,9H,1H3;1-5H;/t5-;;/m0../s1. The van der Waals surface area contributed by atoms with Crippen molar-refractivity contribution in [2.24, 2.45) is 0 Å². The molecule has 10 aliphatic rings. The quantitative estimate of drug-likeness (QED) is 0.434. The van der Waals surface area contributed by atoms with Gasteiger partial charge in [-0.1, -0.05) is 0 Å². The van der Waals surface area contributed by atoms with Gasteiger partial charge in [-0.05, 0) is 0 Å². The van der Waals surface area contributed by atoms with E-state index in [1.54, 1.807) is 0 Å². The summed E-state index contributed by atoms with van der Waals surface area (Å²) in [7, 11) is 0. The van der Waals surface area contributed by atoms with Gasteiger partial charge >= 0.3 is 92.4 Å². The van der Waals surface area contributed by atoms with E-state index in [2.05, 4.69) is 29.5 Å². The van der Waals surface area contributed by atoms with E-state index in [0.29, 0.717) is 4.31 Å². The van der Waals surface area contributed by atoms with Crippen LogP contribution in [0.5, 0.6) is 0 Å². The molecule has 10 rings (SSSR count). The van der Waals surface area contributed by atoms with Crippen LogP contribution in [0.2, 0.25) is 42.8 Å². The van der Waals surface area contributed by atoms with Crippen molar-refractivity contribution in [3.8, 4) is 0 Å². The number of rotatable bonds is 1. The number of aliphatic hydroxyl groups excluding tert-OH is 1. The van der Waals surface area contributed by atoms with E-state index in [9.17, 15) is 5.11 Å². The predicted octanol–water partition coefficient (Wildman–Crippen LogP) is 3.47. The van der Waals surface area contributed by atoms with E-state index in [-0.39, 0.29) is 6.10 Å². The first kappa shape index (κ1) is 5.90. The van der Waals surface area contributed by atoms with Crippen molar-refractivity contribution in [2.45, 2.75) is 58.2 Å². The zero-order valence-electron chi connectivity index (χ0n) is 8.37. The molecule has 3 heteroatoms. The molecule has 10 heterocycles. The molecular weight excluding hydrogens is 343 g/mol. The summed E-state index contributed by atoms with van der Waals surface area (Å²) in [6, 6.07) is 0. The topological polar surface area (TPSA) is 20.2 Å². The zero-order chi connectivity index (χ0) is 9.51. The van der Waals surface area contributed by atoms with Crippen molar-refractivity contribution in [1.29, 1.82) is 0 Å². The summed E-state index contributed by atoms with van der Waals surface area (Å²) in [6.45, 7) is -0.839. The summed E-state index contributed by atoms with van der Waals surface area (Å²) in [5.41, 5.74) is 0. The Morgan fingerprint density at radius 1 is 1.07 bits per heavy atom. The molecule has 10 saturated heterocycles. The minimum absolute atomic E-state index is 0.0957. The third-order valence-electron chi connectivity index (χ3n) is 15.4. The molecule has 82 valence electrons. The molecule has 0 aromatic rings. The van der Waals surface area contributed by atoms with Crippen LogP contribution in [0.25, 0.3) is 0 Å². The fraction of sp³-hybridized carbons (Fsp3) is 1.00. The third kappa shape index (κ3) is 0.0484. The van der Waals surface area contributed by atoms with Crippen molar-refractivity contribution in [2.75, 3.05) is 0 Å². The van der Waals surface area contributed by atoms with E-state index in [1.807, 2.05) is 0 Å². The Labute approximate surface area is 91.8 Å². The van der Waals surface area contributed by atoms with Crippen LogP contribution < -0.4 is 0 Å². The molecule has 0 aromatic carbocycles. The predicted molar refractivity (Wildman–Crippen MR) is 61.1 cm³/mol. The van der Waals surface area contributed by atoms with Crippen LogP contribution >= 0.6 is 22.6 Å². The van der Waals surface area contributed by atoms with Gasteiger partial charge in [0.1, 0.15) is 0 Å². The maximum absolute atomic E-state index is 10.5. The van der Waals surface area contributed by atoms with E-state index < -0.39 is 6.51 Å². The molecule has 1 spiro atoms. The van der Waals surface area contributed by atoms with E-state index in [4.69, 9.17) is 0 Å². The second-order valence-electron chi connectivity index (χ2n) is 10.4. The van der Waals surface area contributed by atoms with E-state index in [0.717, 1.165) is 2.32 Å². The van der Waals surface area contributed by atoms with Gasteiger partial charge in [-0.3, -0.25) is 0 Å². The Kier molecular flexibility index (Phi) is 0.166. The molecule has 0 saturated carbocycles. The van der Waals surface area contributed by atoms with Gasteiger partial charge in [0.15, 0.2) is 0 Å². The van der Waals surface area contributed by atoms with Gasteiger partial charge in [-0.25, -0.2) is 0 Å². The fourth-order valence-electron chi connectivity index (χ4n) is 17.6. The fourth-order valence-corrected chi connectivity index (χ4v) is 111. The first-order chi connectivity index (χ1) is 6.88. The number of alkyl halides is 1. The van der Waals surface area contributed by atoms with E-state index in [1.165, 1.54) is 38.5 Å². The second kappa shape index (κ2) is 0.423. The summed E-state index contributed by atoms with van der Waals surface area (Å²) < 4.78 is 1.50. The van der Waals surface area contributed by atoms with Crippen molar-refractivity contribution in [3.63, 3.8) is 0 Å². The summed E-state index contributed by atoms with van der Waals surface area (Å²) in [4.78, 5) is 10.6. The average Bonchev–Trinajstić information content (AvgIpc) is 3.10. The van der Waals surface area contributed by atoms with Crippen molar-refractivity contribution < 1.29 is 11.6 Å².